The van der Waals surface area contributed by atoms with Gasteiger partial charge in [0, 0.05) is 9.79 Å². The van der Waals surface area contributed by atoms with Crippen molar-refractivity contribution in [2.75, 3.05) is 7.11 Å². The summed E-state index contributed by atoms with van der Waals surface area (Å²) in [5.41, 5.74) is 6.44. The number of carbonyl (C=O) groups is 1. The van der Waals surface area contributed by atoms with Crippen molar-refractivity contribution in [3.63, 3.8) is 0 Å². The van der Waals surface area contributed by atoms with Gasteiger partial charge in [0.2, 0.25) is 0 Å². The summed E-state index contributed by atoms with van der Waals surface area (Å²) in [6.45, 7) is 13.7. The molecule has 0 amide bonds. The van der Waals surface area contributed by atoms with Crippen molar-refractivity contribution in [2.24, 2.45) is 0 Å². The van der Waals surface area contributed by atoms with Crippen LogP contribution in [0.5, 0.6) is 0 Å². The zero-order chi connectivity index (χ0) is 20.0. The van der Waals surface area contributed by atoms with Crippen molar-refractivity contribution in [1.29, 1.82) is 0 Å². The first-order valence-electron chi connectivity index (χ1n) is 9.57. The molecule has 0 aliphatic heterocycles. The third-order valence-electron chi connectivity index (χ3n) is 5.96. The Balaban J connectivity index is 2.01. The van der Waals surface area contributed by atoms with E-state index >= 15 is 0 Å². The van der Waals surface area contributed by atoms with Gasteiger partial charge in [0.05, 0.1) is 12.7 Å². The highest BCUT2D eigenvalue weighted by Gasteiger charge is 2.37. The fourth-order valence-electron chi connectivity index (χ4n) is 3.94. The highest BCUT2D eigenvalue weighted by Crippen LogP contribution is 2.48. The minimum atomic E-state index is -0.288. The largest absolute Gasteiger partial charge is 0.465 e. The van der Waals surface area contributed by atoms with Crippen LogP contribution in [0.4, 0.5) is 0 Å². The first kappa shape index (κ1) is 20.0. The lowest BCUT2D eigenvalue weighted by molar-refractivity contribution is 0.0600. The third kappa shape index (κ3) is 3.80. The Bertz CT molecular complexity index is 893. The summed E-state index contributed by atoms with van der Waals surface area (Å²) in [5, 5.41) is 0. The van der Waals surface area contributed by atoms with Crippen LogP contribution >= 0.6 is 11.8 Å². The van der Waals surface area contributed by atoms with Crippen molar-refractivity contribution in [3.8, 4) is 0 Å². The van der Waals surface area contributed by atoms with Gasteiger partial charge in [0.15, 0.2) is 0 Å². The van der Waals surface area contributed by atoms with Gasteiger partial charge in [0.25, 0.3) is 0 Å². The average molecular weight is 383 g/mol. The van der Waals surface area contributed by atoms with E-state index in [2.05, 4.69) is 53.7 Å². The Morgan fingerprint density at radius 1 is 0.889 bits per heavy atom. The van der Waals surface area contributed by atoms with E-state index in [0.717, 1.165) is 5.56 Å². The fraction of sp³-hybridized carbons (Fsp3) is 0.458. The van der Waals surface area contributed by atoms with Gasteiger partial charge in [-0.15, -0.1) is 0 Å². The molecule has 2 aromatic rings. The summed E-state index contributed by atoms with van der Waals surface area (Å²) in [6.07, 6.45) is 2.44. The Morgan fingerprint density at radius 3 is 2.00 bits per heavy atom. The SMILES string of the molecule is COC(=O)c1ccc(Sc2cc3c(cc2C)C(C)(C)CCC3(C)C)c(C)c1. The molecule has 1 aliphatic rings. The van der Waals surface area contributed by atoms with Crippen LogP contribution in [-0.2, 0) is 15.6 Å². The van der Waals surface area contributed by atoms with Crippen molar-refractivity contribution in [2.45, 2.75) is 75.0 Å². The highest BCUT2D eigenvalue weighted by atomic mass is 32.2. The number of carbonyl (C=O) groups excluding carboxylic acids is 1. The maximum Gasteiger partial charge on any atom is 0.337 e. The number of esters is 1. The van der Waals surface area contributed by atoms with Gasteiger partial charge in [0.1, 0.15) is 0 Å². The average Bonchev–Trinajstić information content (AvgIpc) is 2.61. The summed E-state index contributed by atoms with van der Waals surface area (Å²) in [7, 11) is 1.42. The van der Waals surface area contributed by atoms with Crippen LogP contribution in [0.15, 0.2) is 40.1 Å². The zero-order valence-corrected chi connectivity index (χ0v) is 18.3. The van der Waals surface area contributed by atoms with Gasteiger partial charge in [-0.2, -0.15) is 0 Å². The molecule has 0 heterocycles. The van der Waals surface area contributed by atoms with Crippen LogP contribution in [0, 0.1) is 13.8 Å². The van der Waals surface area contributed by atoms with Gasteiger partial charge in [-0.3, -0.25) is 0 Å². The Morgan fingerprint density at radius 2 is 1.44 bits per heavy atom. The molecular weight excluding hydrogens is 352 g/mol. The molecule has 0 bridgehead atoms. The van der Waals surface area contributed by atoms with E-state index in [0.29, 0.717) is 5.56 Å². The van der Waals surface area contributed by atoms with E-state index in [1.807, 2.05) is 18.2 Å². The molecular formula is C24H30O2S. The number of hydrogen-bond donors (Lipinski definition) is 0. The first-order chi connectivity index (χ1) is 12.5. The smallest absolute Gasteiger partial charge is 0.337 e. The van der Waals surface area contributed by atoms with Crippen LogP contribution in [0.2, 0.25) is 0 Å². The first-order valence-corrected chi connectivity index (χ1v) is 10.4. The summed E-state index contributed by atoms with van der Waals surface area (Å²) in [6, 6.07) is 10.6. The van der Waals surface area contributed by atoms with E-state index in [9.17, 15) is 4.79 Å². The fourth-order valence-corrected chi connectivity index (χ4v) is 4.93. The van der Waals surface area contributed by atoms with Crippen molar-refractivity contribution < 1.29 is 9.53 Å². The minimum absolute atomic E-state index is 0.206. The van der Waals surface area contributed by atoms with Gasteiger partial charge < -0.3 is 4.74 Å². The molecule has 0 saturated carbocycles. The zero-order valence-electron chi connectivity index (χ0n) is 17.5. The number of ether oxygens (including phenoxy) is 1. The maximum absolute atomic E-state index is 11.8. The van der Waals surface area contributed by atoms with E-state index in [1.54, 1.807) is 11.8 Å². The van der Waals surface area contributed by atoms with Crippen LogP contribution in [0.25, 0.3) is 0 Å². The normalized spacial score (nSPS) is 17.3. The number of fused-ring (bicyclic) bond motifs is 1. The number of methoxy groups -OCH3 is 1. The van der Waals surface area contributed by atoms with Crippen LogP contribution in [-0.4, -0.2) is 13.1 Å². The maximum atomic E-state index is 11.8. The molecule has 0 saturated heterocycles. The monoisotopic (exact) mass is 382 g/mol. The van der Waals surface area contributed by atoms with Gasteiger partial charge in [-0.05, 0) is 84.0 Å². The van der Waals surface area contributed by atoms with Crippen LogP contribution < -0.4 is 0 Å². The van der Waals surface area contributed by atoms with Crippen LogP contribution in [0.3, 0.4) is 0 Å². The Kier molecular flexibility index (Phi) is 5.20. The second kappa shape index (κ2) is 7.01. The lowest BCUT2D eigenvalue weighted by atomic mass is 9.63. The minimum Gasteiger partial charge on any atom is -0.465 e. The molecule has 0 aromatic heterocycles. The van der Waals surface area contributed by atoms with E-state index in [1.165, 1.54) is 46.4 Å². The van der Waals surface area contributed by atoms with Crippen LogP contribution in [0.1, 0.15) is 73.1 Å². The number of hydrogen-bond acceptors (Lipinski definition) is 3. The van der Waals surface area contributed by atoms with Gasteiger partial charge in [-0.25, -0.2) is 4.79 Å². The van der Waals surface area contributed by atoms with E-state index < -0.39 is 0 Å². The molecule has 0 N–H and O–H groups in total. The number of rotatable bonds is 3. The molecule has 0 unspecified atom stereocenters. The molecule has 2 aromatic carbocycles. The molecule has 2 nitrogen and oxygen atoms in total. The van der Waals surface area contributed by atoms with Gasteiger partial charge >= 0.3 is 5.97 Å². The predicted molar refractivity (Wildman–Crippen MR) is 113 cm³/mol. The summed E-state index contributed by atoms with van der Waals surface area (Å²) in [4.78, 5) is 14.2. The van der Waals surface area contributed by atoms with Crippen molar-refractivity contribution in [1.82, 2.24) is 0 Å². The number of aryl methyl sites for hydroxylation is 2. The third-order valence-corrected chi connectivity index (χ3v) is 7.30. The molecule has 0 fully saturated rings. The quantitative estimate of drug-likeness (QED) is 0.560. The van der Waals surface area contributed by atoms with Gasteiger partial charge in [-0.1, -0.05) is 45.5 Å². The molecule has 0 spiro atoms. The molecule has 144 valence electrons. The lowest BCUT2D eigenvalue weighted by Gasteiger charge is -2.42. The summed E-state index contributed by atoms with van der Waals surface area (Å²) >= 11 is 1.79. The van der Waals surface area contributed by atoms with E-state index in [-0.39, 0.29) is 16.8 Å². The molecule has 0 atom stereocenters. The molecule has 27 heavy (non-hydrogen) atoms. The second-order valence-electron chi connectivity index (χ2n) is 9.00. The second-order valence-corrected chi connectivity index (χ2v) is 10.1. The van der Waals surface area contributed by atoms with Crippen molar-refractivity contribution >= 4 is 17.7 Å². The highest BCUT2D eigenvalue weighted by molar-refractivity contribution is 7.99. The Hall–Kier alpha value is -1.74. The van der Waals surface area contributed by atoms with Crippen molar-refractivity contribution in [3.05, 3.63) is 58.1 Å². The standard InChI is InChI=1S/C24H30O2S/c1-15-12-17(22(25)26-7)8-9-20(15)27-21-14-19-18(13-16(21)2)23(3,4)10-11-24(19,5)6/h8-9,12-14H,10-11H2,1-7H3. The summed E-state index contributed by atoms with van der Waals surface area (Å²) < 4.78 is 4.83. The predicted octanol–water partition coefficient (Wildman–Crippen LogP) is 6.59. The lowest BCUT2D eigenvalue weighted by Crippen LogP contribution is -2.34. The Labute approximate surface area is 167 Å². The summed E-state index contributed by atoms with van der Waals surface area (Å²) in [5.74, 6) is -0.288. The number of benzene rings is 2. The molecule has 0 radical (unpaired) electrons. The molecule has 1 aliphatic carbocycles. The molecule has 3 heteroatoms. The molecule has 3 rings (SSSR count). The topological polar surface area (TPSA) is 26.3 Å². The van der Waals surface area contributed by atoms with E-state index in [4.69, 9.17) is 4.74 Å².